The third kappa shape index (κ3) is 3.46. The maximum Gasteiger partial charge on any atom is 0.000937 e. The smallest absolute Gasteiger partial charge is 0.000937 e. The monoisotopic (exact) mass is 224 g/mol. The van der Waals surface area contributed by atoms with Crippen molar-refractivity contribution in [1.29, 1.82) is 0 Å². The molecule has 2 heteroatoms. The fourth-order valence-electron chi connectivity index (χ4n) is 3.22. The average molecular weight is 224 g/mol. The van der Waals surface area contributed by atoms with E-state index < -0.39 is 0 Å². The van der Waals surface area contributed by atoms with Crippen molar-refractivity contribution in [3.8, 4) is 0 Å². The molecule has 2 saturated carbocycles. The molecule has 2 nitrogen and oxygen atoms in total. The van der Waals surface area contributed by atoms with Crippen molar-refractivity contribution in [3.63, 3.8) is 0 Å². The van der Waals surface area contributed by atoms with Crippen LogP contribution in [0.15, 0.2) is 0 Å². The van der Waals surface area contributed by atoms with Gasteiger partial charge in [0.05, 0.1) is 0 Å². The van der Waals surface area contributed by atoms with Crippen LogP contribution in [0.2, 0.25) is 0 Å². The molecule has 0 aliphatic heterocycles. The van der Waals surface area contributed by atoms with Gasteiger partial charge in [-0.25, -0.2) is 0 Å². The lowest BCUT2D eigenvalue weighted by Gasteiger charge is -2.30. The van der Waals surface area contributed by atoms with E-state index in [9.17, 15) is 0 Å². The first-order valence-electron chi connectivity index (χ1n) is 7.07. The minimum absolute atomic E-state index is 0.824. The highest BCUT2D eigenvalue weighted by Gasteiger charge is 2.33. The van der Waals surface area contributed by atoms with Crippen LogP contribution >= 0.6 is 0 Å². The molecule has 2 aliphatic carbocycles. The first-order chi connectivity index (χ1) is 7.69. The van der Waals surface area contributed by atoms with Gasteiger partial charge in [-0.1, -0.05) is 6.92 Å². The van der Waals surface area contributed by atoms with Crippen LogP contribution in [0, 0.1) is 23.7 Å². The van der Waals surface area contributed by atoms with Crippen LogP contribution in [-0.2, 0) is 0 Å². The number of rotatable bonds is 5. The molecule has 0 saturated heterocycles. The summed E-state index contributed by atoms with van der Waals surface area (Å²) in [5.41, 5.74) is 5.73. The van der Waals surface area contributed by atoms with Crippen LogP contribution in [0.5, 0.6) is 0 Å². The third-order valence-corrected chi connectivity index (χ3v) is 4.69. The summed E-state index contributed by atoms with van der Waals surface area (Å²) < 4.78 is 0. The van der Waals surface area contributed by atoms with Gasteiger partial charge in [0.2, 0.25) is 0 Å². The molecule has 0 amide bonds. The van der Waals surface area contributed by atoms with Gasteiger partial charge in [-0.3, -0.25) is 0 Å². The van der Waals surface area contributed by atoms with Crippen molar-refractivity contribution in [2.45, 2.75) is 39.0 Å². The minimum Gasteiger partial charge on any atom is -0.330 e. The average Bonchev–Trinajstić information content (AvgIpc) is 2.95. The lowest BCUT2D eigenvalue weighted by Crippen LogP contribution is -2.31. The van der Waals surface area contributed by atoms with Gasteiger partial charge in [0, 0.05) is 13.1 Å². The zero-order chi connectivity index (χ0) is 11.5. The van der Waals surface area contributed by atoms with Crippen LogP contribution in [0.1, 0.15) is 39.0 Å². The highest BCUT2D eigenvalue weighted by atomic mass is 15.1. The molecule has 2 fully saturated rings. The van der Waals surface area contributed by atoms with Gasteiger partial charge in [0.1, 0.15) is 0 Å². The third-order valence-electron chi connectivity index (χ3n) is 4.69. The Hall–Kier alpha value is -0.0800. The quantitative estimate of drug-likeness (QED) is 0.776. The summed E-state index contributed by atoms with van der Waals surface area (Å²) in [6, 6.07) is 0. The molecule has 0 heterocycles. The van der Waals surface area contributed by atoms with Gasteiger partial charge < -0.3 is 10.6 Å². The Morgan fingerprint density at radius 1 is 1.06 bits per heavy atom. The van der Waals surface area contributed by atoms with Gasteiger partial charge in [-0.2, -0.15) is 0 Å². The van der Waals surface area contributed by atoms with Crippen molar-refractivity contribution < 1.29 is 0 Å². The summed E-state index contributed by atoms with van der Waals surface area (Å²) >= 11 is 0. The minimum atomic E-state index is 0.824. The molecular formula is C14H28N2. The second-order valence-corrected chi connectivity index (χ2v) is 6.32. The molecule has 0 aromatic carbocycles. The largest absolute Gasteiger partial charge is 0.330 e. The molecule has 0 bridgehead atoms. The van der Waals surface area contributed by atoms with E-state index in [-0.39, 0.29) is 0 Å². The SMILES string of the molecule is CC1CC1CN(C)CC1CCC(CN)CC1. The molecule has 2 aliphatic rings. The Labute approximate surface area is 101 Å². The molecule has 0 aromatic rings. The Kier molecular flexibility index (Phi) is 4.26. The van der Waals surface area contributed by atoms with E-state index in [0.717, 1.165) is 30.2 Å². The lowest BCUT2D eigenvalue weighted by atomic mass is 9.82. The molecule has 2 atom stereocenters. The summed E-state index contributed by atoms with van der Waals surface area (Å²) in [6.07, 6.45) is 7.02. The van der Waals surface area contributed by atoms with Crippen molar-refractivity contribution in [2.75, 3.05) is 26.7 Å². The Bertz CT molecular complexity index is 209. The van der Waals surface area contributed by atoms with E-state index in [1.165, 1.54) is 45.2 Å². The molecule has 16 heavy (non-hydrogen) atoms. The van der Waals surface area contributed by atoms with Gasteiger partial charge in [-0.15, -0.1) is 0 Å². The van der Waals surface area contributed by atoms with Gasteiger partial charge in [-0.05, 0) is 69.4 Å². The number of hydrogen-bond donors (Lipinski definition) is 1. The van der Waals surface area contributed by atoms with Crippen LogP contribution in [0.4, 0.5) is 0 Å². The zero-order valence-corrected chi connectivity index (χ0v) is 11.0. The lowest BCUT2D eigenvalue weighted by molar-refractivity contribution is 0.200. The van der Waals surface area contributed by atoms with Crippen LogP contribution < -0.4 is 5.73 Å². The summed E-state index contributed by atoms with van der Waals surface area (Å²) in [5.74, 6) is 3.77. The zero-order valence-electron chi connectivity index (χ0n) is 11.0. The van der Waals surface area contributed by atoms with E-state index in [4.69, 9.17) is 5.73 Å². The second-order valence-electron chi connectivity index (χ2n) is 6.32. The number of hydrogen-bond acceptors (Lipinski definition) is 2. The summed E-state index contributed by atoms with van der Waals surface area (Å²) in [6.45, 7) is 5.94. The first-order valence-corrected chi connectivity index (χ1v) is 7.07. The van der Waals surface area contributed by atoms with E-state index in [2.05, 4.69) is 18.9 Å². The molecule has 2 N–H and O–H groups in total. The molecule has 2 unspecified atom stereocenters. The van der Waals surface area contributed by atoms with Gasteiger partial charge >= 0.3 is 0 Å². The summed E-state index contributed by atoms with van der Waals surface area (Å²) in [7, 11) is 2.31. The Morgan fingerprint density at radius 3 is 2.12 bits per heavy atom. The second kappa shape index (κ2) is 5.50. The summed E-state index contributed by atoms with van der Waals surface area (Å²) in [5, 5.41) is 0. The Morgan fingerprint density at radius 2 is 1.62 bits per heavy atom. The maximum absolute atomic E-state index is 5.73. The topological polar surface area (TPSA) is 29.3 Å². The normalized spacial score (nSPS) is 39.0. The van der Waals surface area contributed by atoms with E-state index >= 15 is 0 Å². The molecular weight excluding hydrogens is 196 g/mol. The van der Waals surface area contributed by atoms with Gasteiger partial charge in [0.15, 0.2) is 0 Å². The molecule has 0 aromatic heterocycles. The molecule has 0 radical (unpaired) electrons. The number of nitrogens with two attached hydrogens (primary N) is 1. The standard InChI is InChI=1S/C14H28N2/c1-11-7-14(11)10-16(2)9-13-5-3-12(8-15)4-6-13/h11-14H,3-10,15H2,1-2H3. The fraction of sp³-hybridized carbons (Fsp3) is 1.00. The number of nitrogens with zero attached hydrogens (tertiary/aromatic N) is 1. The van der Waals surface area contributed by atoms with Crippen LogP contribution in [-0.4, -0.2) is 31.6 Å². The summed E-state index contributed by atoms with van der Waals surface area (Å²) in [4.78, 5) is 2.57. The van der Waals surface area contributed by atoms with Gasteiger partial charge in [0.25, 0.3) is 0 Å². The van der Waals surface area contributed by atoms with Crippen LogP contribution in [0.25, 0.3) is 0 Å². The molecule has 0 spiro atoms. The predicted molar refractivity (Wildman–Crippen MR) is 69.3 cm³/mol. The van der Waals surface area contributed by atoms with Crippen molar-refractivity contribution >= 4 is 0 Å². The highest BCUT2D eigenvalue weighted by Crippen LogP contribution is 2.38. The van der Waals surface area contributed by atoms with Crippen molar-refractivity contribution in [2.24, 2.45) is 29.4 Å². The van der Waals surface area contributed by atoms with Crippen LogP contribution in [0.3, 0.4) is 0 Å². The maximum atomic E-state index is 5.73. The van der Waals surface area contributed by atoms with Crippen molar-refractivity contribution in [1.82, 2.24) is 4.90 Å². The van der Waals surface area contributed by atoms with E-state index in [1.54, 1.807) is 0 Å². The van der Waals surface area contributed by atoms with E-state index in [0.29, 0.717) is 0 Å². The molecule has 2 rings (SSSR count). The highest BCUT2D eigenvalue weighted by molar-refractivity contribution is 4.85. The van der Waals surface area contributed by atoms with Crippen molar-refractivity contribution in [3.05, 3.63) is 0 Å². The predicted octanol–water partition coefficient (Wildman–Crippen LogP) is 2.34. The van der Waals surface area contributed by atoms with E-state index in [1.807, 2.05) is 0 Å². The molecule has 94 valence electrons. The fourth-order valence-corrected chi connectivity index (χ4v) is 3.22. The Balaban J connectivity index is 1.62. The first kappa shape index (κ1) is 12.4.